The summed E-state index contributed by atoms with van der Waals surface area (Å²) in [5.74, 6) is 0.00386. The molecule has 0 aromatic carbocycles. The van der Waals surface area contributed by atoms with Crippen LogP contribution >= 0.6 is 0 Å². The number of nitrogens with two attached hydrogens (primary N) is 1. The standard InChI is InChI=1S/C13H19N5O2S/c1-10(2)18(8-11-6-4-5-7-15-11)21(19,20)13-12(14)16-9-17(13)3/h4-7,9-10H,8,14H2,1-3H3. The van der Waals surface area contributed by atoms with Crippen LogP contribution in [-0.4, -0.2) is 33.3 Å². The van der Waals surface area contributed by atoms with Gasteiger partial charge in [-0.05, 0) is 26.0 Å². The maximum atomic E-state index is 12.8. The molecular formula is C13H19N5O2S. The van der Waals surface area contributed by atoms with Crippen molar-refractivity contribution in [3.63, 3.8) is 0 Å². The third kappa shape index (κ3) is 3.06. The molecule has 0 aliphatic rings. The lowest BCUT2D eigenvalue weighted by atomic mass is 10.3. The van der Waals surface area contributed by atoms with Gasteiger partial charge in [-0.3, -0.25) is 4.98 Å². The molecule has 0 saturated carbocycles. The second-order valence-corrected chi connectivity index (χ2v) is 6.82. The number of nitrogen functional groups attached to an aromatic ring is 1. The van der Waals surface area contributed by atoms with Crippen LogP contribution in [0, 0.1) is 0 Å². The molecule has 0 unspecified atom stereocenters. The molecule has 0 bridgehead atoms. The van der Waals surface area contributed by atoms with Gasteiger partial charge in [0.1, 0.15) is 0 Å². The summed E-state index contributed by atoms with van der Waals surface area (Å²) in [5, 5.41) is 0.00660. The lowest BCUT2D eigenvalue weighted by molar-refractivity contribution is 0.342. The predicted molar refractivity (Wildman–Crippen MR) is 79.7 cm³/mol. The quantitative estimate of drug-likeness (QED) is 0.889. The van der Waals surface area contributed by atoms with E-state index in [9.17, 15) is 8.42 Å². The smallest absolute Gasteiger partial charge is 0.263 e. The maximum absolute atomic E-state index is 12.8. The summed E-state index contributed by atoms with van der Waals surface area (Å²) in [4.78, 5) is 8.03. The van der Waals surface area contributed by atoms with E-state index in [2.05, 4.69) is 9.97 Å². The Morgan fingerprint density at radius 1 is 1.33 bits per heavy atom. The first-order valence-corrected chi connectivity index (χ1v) is 7.96. The van der Waals surface area contributed by atoms with Crippen molar-refractivity contribution in [2.75, 3.05) is 5.73 Å². The molecule has 0 amide bonds. The van der Waals surface area contributed by atoms with Crippen LogP contribution in [0.5, 0.6) is 0 Å². The number of sulfonamides is 1. The molecule has 0 spiro atoms. The molecule has 2 heterocycles. The zero-order chi connectivity index (χ0) is 15.6. The molecule has 2 aromatic heterocycles. The number of hydrogen-bond acceptors (Lipinski definition) is 5. The van der Waals surface area contributed by atoms with E-state index in [1.165, 1.54) is 15.2 Å². The summed E-state index contributed by atoms with van der Waals surface area (Å²) < 4.78 is 28.5. The van der Waals surface area contributed by atoms with Crippen molar-refractivity contribution in [1.29, 1.82) is 0 Å². The van der Waals surface area contributed by atoms with Gasteiger partial charge in [0.2, 0.25) is 0 Å². The Hall–Kier alpha value is -1.93. The van der Waals surface area contributed by atoms with Crippen LogP contribution in [0.25, 0.3) is 0 Å². The first kappa shape index (κ1) is 15.5. The molecular weight excluding hydrogens is 290 g/mol. The van der Waals surface area contributed by atoms with Gasteiger partial charge >= 0.3 is 0 Å². The second-order valence-electron chi connectivity index (χ2n) is 5.01. The highest BCUT2D eigenvalue weighted by Gasteiger charge is 2.32. The van der Waals surface area contributed by atoms with Gasteiger partial charge in [0.05, 0.1) is 18.6 Å². The van der Waals surface area contributed by atoms with E-state index in [0.29, 0.717) is 5.69 Å². The Morgan fingerprint density at radius 3 is 2.52 bits per heavy atom. The molecule has 7 nitrogen and oxygen atoms in total. The average Bonchev–Trinajstić information content (AvgIpc) is 2.76. The summed E-state index contributed by atoms with van der Waals surface area (Å²) in [6.07, 6.45) is 3.03. The van der Waals surface area contributed by atoms with E-state index in [1.807, 2.05) is 19.9 Å². The van der Waals surface area contributed by atoms with E-state index < -0.39 is 10.0 Å². The monoisotopic (exact) mass is 309 g/mol. The highest BCUT2D eigenvalue weighted by Crippen LogP contribution is 2.23. The molecule has 0 aliphatic carbocycles. The molecule has 2 rings (SSSR count). The molecule has 0 fully saturated rings. The number of aryl methyl sites for hydroxylation is 1. The van der Waals surface area contributed by atoms with Crippen LogP contribution in [0.2, 0.25) is 0 Å². The normalized spacial score (nSPS) is 12.2. The number of nitrogens with zero attached hydrogens (tertiary/aromatic N) is 4. The Morgan fingerprint density at radius 2 is 2.05 bits per heavy atom. The zero-order valence-electron chi connectivity index (χ0n) is 12.3. The number of rotatable bonds is 5. The molecule has 8 heteroatoms. The van der Waals surface area contributed by atoms with Crippen molar-refractivity contribution in [3.8, 4) is 0 Å². The molecule has 114 valence electrons. The molecule has 0 atom stereocenters. The predicted octanol–water partition coefficient (Wildman–Crippen LogP) is 0.997. The Labute approximate surface area is 124 Å². The number of anilines is 1. The highest BCUT2D eigenvalue weighted by atomic mass is 32.2. The summed E-state index contributed by atoms with van der Waals surface area (Å²) >= 11 is 0. The molecule has 0 radical (unpaired) electrons. The summed E-state index contributed by atoms with van der Waals surface area (Å²) in [6, 6.07) is 5.17. The highest BCUT2D eigenvalue weighted by molar-refractivity contribution is 7.89. The van der Waals surface area contributed by atoms with E-state index >= 15 is 0 Å². The van der Waals surface area contributed by atoms with E-state index in [0.717, 1.165) is 0 Å². The van der Waals surface area contributed by atoms with E-state index in [4.69, 9.17) is 5.73 Å². The van der Waals surface area contributed by atoms with E-state index in [1.54, 1.807) is 25.4 Å². The van der Waals surface area contributed by atoms with Crippen LogP contribution < -0.4 is 5.73 Å². The van der Waals surface area contributed by atoms with Gasteiger partial charge in [-0.2, -0.15) is 4.31 Å². The van der Waals surface area contributed by atoms with Crippen molar-refractivity contribution in [3.05, 3.63) is 36.4 Å². The second kappa shape index (κ2) is 5.82. The van der Waals surface area contributed by atoms with E-state index in [-0.39, 0.29) is 23.4 Å². The van der Waals surface area contributed by atoms with Crippen LogP contribution in [-0.2, 0) is 23.6 Å². The molecule has 0 saturated heterocycles. The number of aromatic nitrogens is 3. The van der Waals surface area contributed by atoms with Crippen LogP contribution in [0.4, 0.5) is 5.82 Å². The summed E-state index contributed by atoms with van der Waals surface area (Å²) in [6.45, 7) is 3.81. The van der Waals surface area contributed by atoms with Crippen molar-refractivity contribution in [2.24, 2.45) is 7.05 Å². The Kier molecular flexibility index (Phi) is 4.29. The minimum atomic E-state index is -3.75. The topological polar surface area (TPSA) is 94.1 Å². The van der Waals surface area contributed by atoms with Gasteiger partial charge in [0, 0.05) is 19.3 Å². The first-order chi connectivity index (χ1) is 9.84. The largest absolute Gasteiger partial charge is 0.381 e. The van der Waals surface area contributed by atoms with Gasteiger partial charge < -0.3 is 10.3 Å². The van der Waals surface area contributed by atoms with Crippen molar-refractivity contribution in [2.45, 2.75) is 31.5 Å². The Bertz CT molecular complexity index is 690. The van der Waals surface area contributed by atoms with Crippen molar-refractivity contribution in [1.82, 2.24) is 18.8 Å². The molecule has 2 N–H and O–H groups in total. The van der Waals surface area contributed by atoms with Gasteiger partial charge in [-0.25, -0.2) is 13.4 Å². The minimum Gasteiger partial charge on any atom is -0.381 e. The summed E-state index contributed by atoms with van der Waals surface area (Å²) in [5.41, 5.74) is 6.38. The van der Waals surface area contributed by atoms with Crippen molar-refractivity contribution >= 4 is 15.8 Å². The Balaban J connectivity index is 2.43. The van der Waals surface area contributed by atoms with Gasteiger partial charge in [0.15, 0.2) is 10.8 Å². The van der Waals surface area contributed by atoms with Crippen molar-refractivity contribution < 1.29 is 8.42 Å². The maximum Gasteiger partial charge on any atom is 0.263 e. The number of pyridine rings is 1. The first-order valence-electron chi connectivity index (χ1n) is 6.52. The lowest BCUT2D eigenvalue weighted by Gasteiger charge is -2.25. The lowest BCUT2D eigenvalue weighted by Crippen LogP contribution is -2.37. The fourth-order valence-electron chi connectivity index (χ4n) is 2.06. The molecule has 21 heavy (non-hydrogen) atoms. The number of imidazole rings is 1. The average molecular weight is 309 g/mol. The zero-order valence-corrected chi connectivity index (χ0v) is 13.1. The number of hydrogen-bond donors (Lipinski definition) is 1. The molecule has 0 aliphatic heterocycles. The summed E-state index contributed by atoms with van der Waals surface area (Å²) in [7, 11) is -2.14. The minimum absolute atomic E-state index is 0.00386. The van der Waals surface area contributed by atoms with Gasteiger partial charge in [-0.15, -0.1) is 0 Å². The SMILES string of the molecule is CC(C)N(Cc1ccccn1)S(=O)(=O)c1c(N)ncn1C. The van der Waals surface area contributed by atoms with Gasteiger partial charge in [0.25, 0.3) is 10.0 Å². The van der Waals surface area contributed by atoms with Gasteiger partial charge in [-0.1, -0.05) is 6.07 Å². The third-order valence-corrected chi connectivity index (χ3v) is 5.24. The molecule has 2 aromatic rings. The van der Waals surface area contributed by atoms with Crippen LogP contribution in [0.1, 0.15) is 19.5 Å². The third-order valence-electron chi connectivity index (χ3n) is 3.08. The fraction of sp³-hybridized carbons (Fsp3) is 0.385. The fourth-order valence-corrected chi connectivity index (χ4v) is 3.87. The van der Waals surface area contributed by atoms with Crippen LogP contribution in [0.3, 0.4) is 0 Å². The van der Waals surface area contributed by atoms with Crippen LogP contribution in [0.15, 0.2) is 35.7 Å².